The van der Waals surface area contributed by atoms with Crippen LogP contribution in [0.25, 0.3) is 6.08 Å². The van der Waals surface area contributed by atoms with Crippen molar-refractivity contribution in [2.24, 2.45) is 0 Å². The molecule has 1 aliphatic rings. The second-order valence-corrected chi connectivity index (χ2v) is 6.80. The van der Waals surface area contributed by atoms with Gasteiger partial charge in [-0.2, -0.15) is 0 Å². The predicted molar refractivity (Wildman–Crippen MR) is 107 cm³/mol. The van der Waals surface area contributed by atoms with E-state index in [-0.39, 0.29) is 10.6 Å². The Bertz CT molecular complexity index is 809. The SMILES string of the molecule is Cc1ccc(C)c(N2CCN(C/C=C/c3ccccc3[N+](=O)[O-])CC2)c1. The van der Waals surface area contributed by atoms with Gasteiger partial charge in [0.15, 0.2) is 0 Å². The van der Waals surface area contributed by atoms with Gasteiger partial charge >= 0.3 is 0 Å². The molecule has 0 aliphatic carbocycles. The summed E-state index contributed by atoms with van der Waals surface area (Å²) in [6.45, 7) is 9.10. The summed E-state index contributed by atoms with van der Waals surface area (Å²) in [5.41, 5.74) is 4.76. The van der Waals surface area contributed by atoms with E-state index >= 15 is 0 Å². The molecular formula is C21H25N3O2. The van der Waals surface area contributed by atoms with Crippen LogP contribution in [0.3, 0.4) is 0 Å². The minimum atomic E-state index is -0.331. The molecule has 0 unspecified atom stereocenters. The molecule has 1 heterocycles. The lowest BCUT2D eigenvalue weighted by molar-refractivity contribution is -0.385. The van der Waals surface area contributed by atoms with Crippen LogP contribution < -0.4 is 4.90 Å². The number of nitro groups is 1. The highest BCUT2D eigenvalue weighted by atomic mass is 16.6. The maximum Gasteiger partial charge on any atom is 0.276 e. The first kappa shape index (κ1) is 18.1. The summed E-state index contributed by atoms with van der Waals surface area (Å²) in [5.74, 6) is 0. The van der Waals surface area contributed by atoms with Gasteiger partial charge in [-0.1, -0.05) is 36.4 Å². The van der Waals surface area contributed by atoms with E-state index in [2.05, 4.69) is 41.8 Å². The van der Waals surface area contributed by atoms with Crippen molar-refractivity contribution in [3.05, 3.63) is 75.3 Å². The number of hydrogen-bond acceptors (Lipinski definition) is 4. The van der Waals surface area contributed by atoms with E-state index in [0.717, 1.165) is 32.7 Å². The average Bonchev–Trinajstić information content (AvgIpc) is 2.65. The van der Waals surface area contributed by atoms with Crippen LogP contribution in [-0.2, 0) is 0 Å². The number of nitrogens with zero attached hydrogens (tertiary/aromatic N) is 3. The van der Waals surface area contributed by atoms with Gasteiger partial charge in [0.25, 0.3) is 5.69 Å². The number of hydrogen-bond donors (Lipinski definition) is 0. The summed E-state index contributed by atoms with van der Waals surface area (Å²) >= 11 is 0. The van der Waals surface area contributed by atoms with E-state index in [0.29, 0.717) is 5.56 Å². The van der Waals surface area contributed by atoms with Crippen molar-refractivity contribution in [1.29, 1.82) is 0 Å². The molecule has 2 aromatic rings. The lowest BCUT2D eigenvalue weighted by Crippen LogP contribution is -2.46. The summed E-state index contributed by atoms with van der Waals surface area (Å²) in [6.07, 6.45) is 3.88. The molecule has 5 nitrogen and oxygen atoms in total. The van der Waals surface area contributed by atoms with Gasteiger partial charge in [0, 0.05) is 44.5 Å². The van der Waals surface area contributed by atoms with E-state index in [1.807, 2.05) is 18.2 Å². The van der Waals surface area contributed by atoms with Crippen LogP contribution in [0.15, 0.2) is 48.5 Å². The Hall–Kier alpha value is -2.66. The number of piperazine rings is 1. The summed E-state index contributed by atoms with van der Waals surface area (Å²) < 4.78 is 0. The van der Waals surface area contributed by atoms with E-state index < -0.39 is 0 Å². The molecule has 5 heteroatoms. The quantitative estimate of drug-likeness (QED) is 0.602. The molecule has 0 N–H and O–H groups in total. The van der Waals surface area contributed by atoms with E-state index in [9.17, 15) is 10.1 Å². The van der Waals surface area contributed by atoms with Crippen LogP contribution in [0.4, 0.5) is 11.4 Å². The molecule has 3 rings (SSSR count). The number of para-hydroxylation sites is 1. The van der Waals surface area contributed by atoms with Crippen LogP contribution in [0.1, 0.15) is 16.7 Å². The average molecular weight is 351 g/mol. The summed E-state index contributed by atoms with van der Waals surface area (Å²) in [5, 5.41) is 11.1. The monoisotopic (exact) mass is 351 g/mol. The van der Waals surface area contributed by atoms with Gasteiger partial charge in [0.2, 0.25) is 0 Å². The Morgan fingerprint density at radius 1 is 1.08 bits per heavy atom. The molecule has 2 aromatic carbocycles. The minimum Gasteiger partial charge on any atom is -0.369 e. The van der Waals surface area contributed by atoms with Crippen LogP contribution >= 0.6 is 0 Å². The minimum absolute atomic E-state index is 0.156. The number of anilines is 1. The van der Waals surface area contributed by atoms with Gasteiger partial charge in [-0.05, 0) is 37.1 Å². The number of aryl methyl sites for hydroxylation is 2. The Morgan fingerprint density at radius 2 is 1.81 bits per heavy atom. The second kappa shape index (κ2) is 8.15. The zero-order valence-corrected chi connectivity index (χ0v) is 15.4. The third-order valence-electron chi connectivity index (χ3n) is 4.87. The molecule has 1 fully saturated rings. The topological polar surface area (TPSA) is 49.6 Å². The van der Waals surface area contributed by atoms with Gasteiger partial charge < -0.3 is 4.90 Å². The largest absolute Gasteiger partial charge is 0.369 e. The normalized spacial score (nSPS) is 15.5. The Kier molecular flexibility index (Phi) is 5.68. The smallest absolute Gasteiger partial charge is 0.276 e. The van der Waals surface area contributed by atoms with Crippen molar-refractivity contribution >= 4 is 17.5 Å². The molecule has 0 bridgehead atoms. The van der Waals surface area contributed by atoms with Crippen molar-refractivity contribution in [2.45, 2.75) is 13.8 Å². The van der Waals surface area contributed by atoms with Gasteiger partial charge in [0.05, 0.1) is 10.5 Å². The summed E-state index contributed by atoms with van der Waals surface area (Å²) in [7, 11) is 0. The van der Waals surface area contributed by atoms with Gasteiger partial charge in [-0.25, -0.2) is 0 Å². The fraction of sp³-hybridized carbons (Fsp3) is 0.333. The van der Waals surface area contributed by atoms with E-state index in [1.54, 1.807) is 18.2 Å². The van der Waals surface area contributed by atoms with Crippen molar-refractivity contribution in [2.75, 3.05) is 37.6 Å². The Morgan fingerprint density at radius 3 is 2.54 bits per heavy atom. The molecule has 136 valence electrons. The maximum atomic E-state index is 11.1. The fourth-order valence-electron chi connectivity index (χ4n) is 3.35. The first-order chi connectivity index (χ1) is 12.5. The zero-order chi connectivity index (χ0) is 18.5. The third-order valence-corrected chi connectivity index (χ3v) is 4.87. The van der Waals surface area contributed by atoms with Crippen molar-refractivity contribution in [3.8, 4) is 0 Å². The van der Waals surface area contributed by atoms with Crippen molar-refractivity contribution in [3.63, 3.8) is 0 Å². The molecule has 0 atom stereocenters. The summed E-state index contributed by atoms with van der Waals surface area (Å²) in [6, 6.07) is 13.5. The van der Waals surface area contributed by atoms with Crippen molar-refractivity contribution < 1.29 is 4.92 Å². The van der Waals surface area contributed by atoms with Gasteiger partial charge in [0.1, 0.15) is 0 Å². The van der Waals surface area contributed by atoms with E-state index in [1.165, 1.54) is 16.8 Å². The highest BCUT2D eigenvalue weighted by molar-refractivity contribution is 5.60. The maximum absolute atomic E-state index is 11.1. The first-order valence-corrected chi connectivity index (χ1v) is 8.99. The van der Waals surface area contributed by atoms with Crippen LogP contribution in [0.2, 0.25) is 0 Å². The number of benzene rings is 2. The molecule has 26 heavy (non-hydrogen) atoms. The molecule has 1 saturated heterocycles. The number of rotatable bonds is 5. The first-order valence-electron chi connectivity index (χ1n) is 8.99. The van der Waals surface area contributed by atoms with Gasteiger partial charge in [-0.3, -0.25) is 15.0 Å². The van der Waals surface area contributed by atoms with Gasteiger partial charge in [-0.15, -0.1) is 0 Å². The molecule has 1 aliphatic heterocycles. The highest BCUT2D eigenvalue weighted by Crippen LogP contribution is 2.23. The summed E-state index contributed by atoms with van der Waals surface area (Å²) in [4.78, 5) is 15.6. The Balaban J connectivity index is 1.56. The highest BCUT2D eigenvalue weighted by Gasteiger charge is 2.17. The molecule has 0 aromatic heterocycles. The standard InChI is InChI=1S/C21H25N3O2/c1-17-9-10-18(2)21(16-17)23-14-12-22(13-15-23)11-5-7-19-6-3-4-8-20(19)24(25)26/h3-10,16H,11-15H2,1-2H3/b7-5+. The number of nitro benzene ring substituents is 1. The Labute approximate surface area is 154 Å². The molecule has 0 saturated carbocycles. The van der Waals surface area contributed by atoms with Crippen LogP contribution in [0.5, 0.6) is 0 Å². The lowest BCUT2D eigenvalue weighted by Gasteiger charge is -2.36. The molecular weight excluding hydrogens is 326 g/mol. The van der Waals surface area contributed by atoms with Crippen LogP contribution in [-0.4, -0.2) is 42.5 Å². The molecule has 0 radical (unpaired) electrons. The van der Waals surface area contributed by atoms with Crippen molar-refractivity contribution in [1.82, 2.24) is 4.90 Å². The van der Waals surface area contributed by atoms with Crippen LogP contribution in [0, 0.1) is 24.0 Å². The molecule has 0 spiro atoms. The molecule has 0 amide bonds. The third kappa shape index (κ3) is 4.29. The fourth-order valence-corrected chi connectivity index (χ4v) is 3.35. The predicted octanol–water partition coefficient (Wildman–Crippen LogP) is 4.05. The van der Waals surface area contributed by atoms with E-state index in [4.69, 9.17) is 0 Å². The second-order valence-electron chi connectivity index (χ2n) is 6.80. The lowest BCUT2D eigenvalue weighted by atomic mass is 10.1. The zero-order valence-electron chi connectivity index (χ0n) is 15.4.